The molecule has 62 heavy (non-hydrogen) atoms. The van der Waals surface area contributed by atoms with Gasteiger partial charge >= 0.3 is 0 Å². The van der Waals surface area contributed by atoms with Crippen LogP contribution in [0.4, 0.5) is 0 Å². The van der Waals surface area contributed by atoms with Crippen LogP contribution in [0, 0.1) is 0 Å². The summed E-state index contributed by atoms with van der Waals surface area (Å²) >= 11 is 0. The molecule has 2 aromatic rings. The van der Waals surface area contributed by atoms with Crippen LogP contribution in [0.1, 0.15) is 61.3 Å². The average molecular weight is 863 g/mol. The van der Waals surface area contributed by atoms with Crippen molar-refractivity contribution in [3.8, 4) is 0 Å². The highest BCUT2D eigenvalue weighted by atomic mass is 16.2. The molecule has 8 bridgehead atoms. The molecule has 1 saturated heterocycles. The number of nitrogens with one attached hydrogen (secondary N) is 8. The molecule has 0 spiro atoms. The molecule has 2 aromatic heterocycles. The van der Waals surface area contributed by atoms with Gasteiger partial charge in [-0.25, -0.2) is 0 Å². The van der Waals surface area contributed by atoms with Crippen molar-refractivity contribution in [3.05, 3.63) is 59.2 Å². The Bertz CT molecular complexity index is 1410. The number of pyridine rings is 2. The maximum atomic E-state index is 13.0. The molecule has 8 N–H and O–H groups in total. The Morgan fingerprint density at radius 1 is 0.339 bits per heavy atom. The zero-order chi connectivity index (χ0) is 43.5. The second kappa shape index (κ2) is 29.3. The summed E-state index contributed by atoms with van der Waals surface area (Å²) in [6.07, 6.45) is 3.38. The fraction of sp³-hybridized carbons (Fsp3) is 0.682. The Morgan fingerprint density at radius 2 is 0.597 bits per heavy atom. The van der Waals surface area contributed by atoms with Gasteiger partial charge in [-0.3, -0.25) is 29.1 Å². The molecule has 3 aliphatic rings. The molecule has 0 saturated carbocycles. The lowest BCUT2D eigenvalue weighted by molar-refractivity contribution is -0.122. The van der Waals surface area contributed by atoms with Crippen LogP contribution in [0.15, 0.2) is 36.4 Å². The Kier molecular flexibility index (Phi) is 23.1. The van der Waals surface area contributed by atoms with Gasteiger partial charge in [-0.05, 0) is 63.3 Å². The lowest BCUT2D eigenvalue weighted by Gasteiger charge is -2.32. The fourth-order valence-corrected chi connectivity index (χ4v) is 7.81. The Labute approximate surface area is 368 Å². The molecule has 4 amide bonds. The van der Waals surface area contributed by atoms with E-state index in [0.29, 0.717) is 130 Å². The van der Waals surface area contributed by atoms with Gasteiger partial charge in [0.25, 0.3) is 0 Å². The summed E-state index contributed by atoms with van der Waals surface area (Å²) in [5, 5.41) is 25.9. The SMILES string of the molecule is O=C1CCN2CCCN3CCC(=O)NCCNCc4cccc(n4)CNCCNC(=O)CCN(CCCN(CCC(=O)NCCNCc4cccc(n4)CNCCN1)CC2)CC3. The molecular weight excluding hydrogens is 789 g/mol. The lowest BCUT2D eigenvalue weighted by Crippen LogP contribution is -2.44. The maximum absolute atomic E-state index is 13.0. The number of carbonyl (C=O) groups is 4. The van der Waals surface area contributed by atoms with Crippen molar-refractivity contribution in [1.82, 2.24) is 72.1 Å². The number of fused-ring (bicyclic) bond motifs is 10. The van der Waals surface area contributed by atoms with Crippen LogP contribution in [0.3, 0.4) is 0 Å². The molecule has 0 aromatic carbocycles. The predicted molar refractivity (Wildman–Crippen MR) is 241 cm³/mol. The quantitative estimate of drug-likeness (QED) is 0.154. The number of hydrogen-bond acceptors (Lipinski definition) is 14. The second-order valence-corrected chi connectivity index (χ2v) is 16.4. The Morgan fingerprint density at radius 3 is 0.855 bits per heavy atom. The predicted octanol–water partition coefficient (Wildman–Crippen LogP) is -1.41. The van der Waals surface area contributed by atoms with Gasteiger partial charge in [-0.2, -0.15) is 0 Å². The highest BCUT2D eigenvalue weighted by molar-refractivity contribution is 5.77. The molecule has 5 heterocycles. The van der Waals surface area contributed by atoms with Gasteiger partial charge in [-0.15, -0.1) is 0 Å². The van der Waals surface area contributed by atoms with Crippen molar-refractivity contribution >= 4 is 23.6 Å². The van der Waals surface area contributed by atoms with Crippen LogP contribution in [-0.2, 0) is 45.4 Å². The van der Waals surface area contributed by atoms with Crippen molar-refractivity contribution in [2.24, 2.45) is 0 Å². The summed E-state index contributed by atoms with van der Waals surface area (Å²) in [7, 11) is 0. The van der Waals surface area contributed by atoms with Crippen LogP contribution in [0.2, 0.25) is 0 Å². The monoisotopic (exact) mass is 863 g/mol. The highest BCUT2D eigenvalue weighted by Gasteiger charge is 2.18. The third-order valence-electron chi connectivity index (χ3n) is 11.4. The minimum atomic E-state index is 0.0298. The summed E-state index contributed by atoms with van der Waals surface area (Å²) in [4.78, 5) is 71.1. The van der Waals surface area contributed by atoms with E-state index in [9.17, 15) is 19.2 Å². The van der Waals surface area contributed by atoms with E-state index in [-0.39, 0.29) is 23.6 Å². The van der Waals surface area contributed by atoms with E-state index >= 15 is 0 Å². The number of rotatable bonds is 0. The summed E-state index contributed by atoms with van der Waals surface area (Å²) in [5.74, 6) is 0.119. The van der Waals surface area contributed by atoms with E-state index in [2.05, 4.69) is 62.1 Å². The molecule has 4 unspecified atom stereocenters. The minimum absolute atomic E-state index is 0.0298. The molecule has 0 aliphatic carbocycles. The third-order valence-corrected chi connectivity index (χ3v) is 11.4. The molecule has 18 nitrogen and oxygen atoms in total. The zero-order valence-electron chi connectivity index (χ0n) is 37.0. The molecule has 18 heteroatoms. The molecule has 344 valence electrons. The Balaban J connectivity index is 1.23. The first-order valence-corrected chi connectivity index (χ1v) is 23.1. The summed E-state index contributed by atoms with van der Waals surface area (Å²) < 4.78 is 0. The van der Waals surface area contributed by atoms with Crippen molar-refractivity contribution in [2.45, 2.75) is 64.7 Å². The van der Waals surface area contributed by atoms with Gasteiger partial charge in [0.2, 0.25) is 23.6 Å². The zero-order valence-corrected chi connectivity index (χ0v) is 37.0. The van der Waals surface area contributed by atoms with Crippen LogP contribution in [0.5, 0.6) is 0 Å². The van der Waals surface area contributed by atoms with Gasteiger partial charge < -0.3 is 62.1 Å². The first-order chi connectivity index (χ1) is 30.4. The molecular formula is C44H74N14O4. The van der Waals surface area contributed by atoms with E-state index in [1.807, 2.05) is 36.4 Å². The number of amides is 4. The highest BCUT2D eigenvalue weighted by Crippen LogP contribution is 2.07. The number of carbonyl (C=O) groups excluding carboxylic acids is 4. The number of aromatic nitrogens is 2. The summed E-state index contributed by atoms with van der Waals surface area (Å²) in [6, 6.07) is 12.0. The van der Waals surface area contributed by atoms with Crippen LogP contribution < -0.4 is 42.5 Å². The normalized spacial score (nSPS) is 25.8. The van der Waals surface area contributed by atoms with E-state index in [1.165, 1.54) is 0 Å². The Hall–Kier alpha value is -4.14. The van der Waals surface area contributed by atoms with E-state index in [4.69, 9.17) is 9.97 Å². The largest absolute Gasteiger partial charge is 0.355 e. The summed E-state index contributed by atoms with van der Waals surface area (Å²) in [5.41, 5.74) is 3.77. The van der Waals surface area contributed by atoms with E-state index < -0.39 is 0 Å². The first-order valence-electron chi connectivity index (χ1n) is 23.1. The lowest BCUT2D eigenvalue weighted by atomic mass is 10.2. The summed E-state index contributed by atoms with van der Waals surface area (Å²) in [6.45, 7) is 16.1. The van der Waals surface area contributed by atoms with Crippen LogP contribution in [0.25, 0.3) is 0 Å². The van der Waals surface area contributed by atoms with E-state index in [1.54, 1.807) is 0 Å². The van der Waals surface area contributed by atoms with Gasteiger partial charge in [0, 0.05) is 157 Å². The second-order valence-electron chi connectivity index (χ2n) is 16.4. The molecule has 4 atom stereocenters. The number of nitrogens with zero attached hydrogens (tertiary/aromatic N) is 6. The average Bonchev–Trinajstić information content (AvgIpc) is 3.27. The minimum Gasteiger partial charge on any atom is -0.355 e. The molecule has 3 aliphatic heterocycles. The van der Waals surface area contributed by atoms with Crippen molar-refractivity contribution in [3.63, 3.8) is 0 Å². The smallest absolute Gasteiger partial charge is 0.221 e. The maximum Gasteiger partial charge on any atom is 0.221 e. The van der Waals surface area contributed by atoms with Crippen molar-refractivity contribution in [1.29, 1.82) is 0 Å². The standard InChI is InChI=1S/C44H74N14O4/c59-41-9-25-55-21-3-23-57-27-11-43(61)51-19-15-47-35-39-7-2-8-40(54-39)36-48-16-20-52-44(62)12-28-58(32-31-57)24-4-22-56(30-29-55)26-10-42(60)50-18-14-46-34-38-6-1-5-37(53-38)33-45-13-17-49-41/h1-2,5-8,45-48H,3-4,9-36H2,(H,49,59)(H,50,60)(H,51,61)(H,52,62). The van der Waals surface area contributed by atoms with Gasteiger partial charge in [0.15, 0.2) is 0 Å². The third kappa shape index (κ3) is 20.8. The topological polar surface area (TPSA) is 203 Å². The molecule has 0 radical (unpaired) electrons. The van der Waals surface area contributed by atoms with Crippen LogP contribution in [-0.4, -0.2) is 184 Å². The first kappa shape index (κ1) is 48.9. The van der Waals surface area contributed by atoms with Crippen molar-refractivity contribution < 1.29 is 19.2 Å². The molecule has 1 fully saturated rings. The number of hydrogen-bond donors (Lipinski definition) is 8. The van der Waals surface area contributed by atoms with Crippen molar-refractivity contribution in [2.75, 3.05) is 131 Å². The fourth-order valence-electron chi connectivity index (χ4n) is 7.81. The van der Waals surface area contributed by atoms with Gasteiger partial charge in [0.05, 0.1) is 22.8 Å². The van der Waals surface area contributed by atoms with Gasteiger partial charge in [-0.1, -0.05) is 12.1 Å². The van der Waals surface area contributed by atoms with E-state index in [0.717, 1.165) is 88.0 Å². The van der Waals surface area contributed by atoms with Crippen LogP contribution >= 0.6 is 0 Å². The van der Waals surface area contributed by atoms with Gasteiger partial charge in [0.1, 0.15) is 0 Å². The molecule has 5 rings (SSSR count).